The lowest BCUT2D eigenvalue weighted by Gasteiger charge is -2.24. The van der Waals surface area contributed by atoms with Gasteiger partial charge in [0.1, 0.15) is 0 Å². The normalized spacial score (nSPS) is 24.1. The Bertz CT molecular complexity index is 251. The Morgan fingerprint density at radius 2 is 2.19 bits per heavy atom. The van der Waals surface area contributed by atoms with Gasteiger partial charge in [-0.1, -0.05) is 0 Å². The maximum Gasteiger partial charge on any atom is 0.234 e. The molecule has 0 aromatic carbocycles. The van der Waals surface area contributed by atoms with Crippen LogP contribution in [0.2, 0.25) is 0 Å². The zero-order valence-electron chi connectivity index (χ0n) is 11.1. The van der Waals surface area contributed by atoms with Crippen molar-refractivity contribution in [3.8, 4) is 0 Å². The lowest BCUT2D eigenvalue weighted by atomic mass is 10.0. The van der Waals surface area contributed by atoms with Crippen molar-refractivity contribution in [2.75, 3.05) is 20.1 Å². The van der Waals surface area contributed by atoms with Crippen molar-refractivity contribution in [2.24, 2.45) is 0 Å². The minimum atomic E-state index is 0.113. The molecule has 16 heavy (non-hydrogen) atoms. The van der Waals surface area contributed by atoms with Gasteiger partial charge in [0.25, 0.3) is 0 Å². The minimum absolute atomic E-state index is 0.113. The molecule has 1 heterocycles. The van der Waals surface area contributed by atoms with Gasteiger partial charge >= 0.3 is 0 Å². The average molecular weight is 227 g/mol. The molecular weight excluding hydrogens is 202 g/mol. The molecule has 0 spiro atoms. The van der Waals surface area contributed by atoms with Crippen LogP contribution in [-0.2, 0) is 4.79 Å². The topological polar surface area (TPSA) is 44.4 Å². The Labute approximate surface area is 98.8 Å². The van der Waals surface area contributed by atoms with Gasteiger partial charge in [-0.2, -0.15) is 0 Å². The van der Waals surface area contributed by atoms with Crippen LogP contribution in [0.3, 0.4) is 0 Å². The summed E-state index contributed by atoms with van der Waals surface area (Å²) in [5, 5.41) is 6.38. The molecule has 1 fully saturated rings. The Hall–Kier alpha value is -0.610. The fraction of sp³-hybridized carbons (Fsp3) is 0.917. The van der Waals surface area contributed by atoms with Crippen LogP contribution in [0.4, 0.5) is 0 Å². The second kappa shape index (κ2) is 5.15. The average Bonchev–Trinajstić information content (AvgIpc) is 2.44. The maximum absolute atomic E-state index is 11.6. The lowest BCUT2D eigenvalue weighted by molar-refractivity contribution is -0.122. The first-order chi connectivity index (χ1) is 7.30. The minimum Gasteiger partial charge on any atom is -0.353 e. The quantitative estimate of drug-likeness (QED) is 0.738. The number of amides is 1. The van der Waals surface area contributed by atoms with Gasteiger partial charge in [0.05, 0.1) is 6.54 Å². The van der Waals surface area contributed by atoms with Crippen molar-refractivity contribution in [1.82, 2.24) is 15.5 Å². The Balaban J connectivity index is 2.36. The first-order valence-corrected chi connectivity index (χ1v) is 6.05. The van der Waals surface area contributed by atoms with Crippen LogP contribution >= 0.6 is 0 Å². The van der Waals surface area contributed by atoms with Gasteiger partial charge in [0.2, 0.25) is 5.91 Å². The van der Waals surface area contributed by atoms with Gasteiger partial charge in [-0.05, 0) is 41.2 Å². The molecule has 1 amide bonds. The number of carbonyl (C=O) groups excluding carboxylic acids is 1. The van der Waals surface area contributed by atoms with E-state index in [1.807, 2.05) is 20.9 Å². The van der Waals surface area contributed by atoms with E-state index in [0.29, 0.717) is 12.6 Å². The number of rotatable bonds is 4. The fourth-order valence-corrected chi connectivity index (χ4v) is 2.16. The smallest absolute Gasteiger partial charge is 0.234 e. The van der Waals surface area contributed by atoms with Gasteiger partial charge in [-0.3, -0.25) is 9.69 Å². The summed E-state index contributed by atoms with van der Waals surface area (Å²) in [7, 11) is 2.02. The molecule has 1 atom stereocenters. The predicted molar refractivity (Wildman–Crippen MR) is 66.4 cm³/mol. The molecule has 2 N–H and O–H groups in total. The van der Waals surface area contributed by atoms with Crippen molar-refractivity contribution >= 4 is 5.91 Å². The maximum atomic E-state index is 11.6. The molecule has 94 valence electrons. The summed E-state index contributed by atoms with van der Waals surface area (Å²) in [5.41, 5.74) is 0.202. The fourth-order valence-electron chi connectivity index (χ4n) is 2.16. The van der Waals surface area contributed by atoms with Gasteiger partial charge < -0.3 is 10.6 Å². The first kappa shape index (κ1) is 13.5. The molecule has 0 bridgehead atoms. The molecule has 0 aromatic rings. The molecule has 1 unspecified atom stereocenters. The van der Waals surface area contributed by atoms with Crippen LogP contribution in [0.1, 0.15) is 34.1 Å². The molecule has 0 aromatic heterocycles. The van der Waals surface area contributed by atoms with Gasteiger partial charge in [-0.15, -0.1) is 0 Å². The Morgan fingerprint density at radius 3 is 2.62 bits per heavy atom. The number of likely N-dealkylation sites (N-methyl/N-ethyl adjacent to an activating group) is 1. The largest absolute Gasteiger partial charge is 0.353 e. The molecule has 1 rings (SSSR count). The third-order valence-electron chi connectivity index (χ3n) is 3.03. The zero-order chi connectivity index (χ0) is 12.3. The van der Waals surface area contributed by atoms with E-state index in [1.165, 1.54) is 0 Å². The van der Waals surface area contributed by atoms with E-state index in [4.69, 9.17) is 0 Å². The first-order valence-electron chi connectivity index (χ1n) is 6.05. The lowest BCUT2D eigenvalue weighted by Crippen LogP contribution is -2.43. The number of nitrogens with one attached hydrogen (secondary N) is 2. The Kier molecular flexibility index (Phi) is 4.33. The van der Waals surface area contributed by atoms with E-state index in [0.717, 1.165) is 13.0 Å². The molecule has 4 heteroatoms. The molecular formula is C12H25N3O. The highest BCUT2D eigenvalue weighted by molar-refractivity contribution is 5.78. The van der Waals surface area contributed by atoms with Crippen molar-refractivity contribution < 1.29 is 4.79 Å². The third kappa shape index (κ3) is 4.10. The van der Waals surface area contributed by atoms with Crippen molar-refractivity contribution in [3.05, 3.63) is 0 Å². The second-order valence-electron chi connectivity index (χ2n) is 5.76. The van der Waals surface area contributed by atoms with Crippen LogP contribution in [0.15, 0.2) is 0 Å². The Morgan fingerprint density at radius 1 is 1.56 bits per heavy atom. The molecule has 4 nitrogen and oxygen atoms in total. The van der Waals surface area contributed by atoms with Gasteiger partial charge in [0, 0.05) is 24.2 Å². The molecule has 0 aliphatic carbocycles. The highest BCUT2D eigenvalue weighted by Crippen LogP contribution is 2.20. The van der Waals surface area contributed by atoms with Crippen molar-refractivity contribution in [1.29, 1.82) is 0 Å². The zero-order valence-corrected chi connectivity index (χ0v) is 11.1. The summed E-state index contributed by atoms with van der Waals surface area (Å²) < 4.78 is 0. The van der Waals surface area contributed by atoms with E-state index in [1.54, 1.807) is 0 Å². The predicted octanol–water partition coefficient (Wildman–Crippen LogP) is 0.583. The van der Waals surface area contributed by atoms with E-state index in [-0.39, 0.29) is 17.5 Å². The summed E-state index contributed by atoms with van der Waals surface area (Å²) in [6.45, 7) is 9.83. The number of carbonyl (C=O) groups is 1. The highest BCUT2D eigenvalue weighted by atomic mass is 16.2. The molecule has 0 radical (unpaired) electrons. The van der Waals surface area contributed by atoms with Gasteiger partial charge in [0.15, 0.2) is 0 Å². The van der Waals surface area contributed by atoms with Crippen LogP contribution in [0.5, 0.6) is 0 Å². The molecule has 1 aliphatic heterocycles. The summed E-state index contributed by atoms with van der Waals surface area (Å²) >= 11 is 0. The van der Waals surface area contributed by atoms with Crippen LogP contribution in [0, 0.1) is 0 Å². The summed E-state index contributed by atoms with van der Waals surface area (Å²) in [4.78, 5) is 13.7. The number of hydrogen-bond donors (Lipinski definition) is 2. The van der Waals surface area contributed by atoms with E-state index < -0.39 is 0 Å². The highest BCUT2D eigenvalue weighted by Gasteiger charge is 2.32. The molecule has 0 saturated carbocycles. The van der Waals surface area contributed by atoms with Crippen LogP contribution < -0.4 is 10.6 Å². The summed E-state index contributed by atoms with van der Waals surface area (Å²) in [6, 6.07) is 0.687. The van der Waals surface area contributed by atoms with Gasteiger partial charge in [-0.25, -0.2) is 0 Å². The second-order valence-corrected chi connectivity index (χ2v) is 5.76. The van der Waals surface area contributed by atoms with Crippen LogP contribution in [0.25, 0.3) is 0 Å². The van der Waals surface area contributed by atoms with E-state index in [2.05, 4.69) is 29.4 Å². The standard InChI is InChI=1S/C12H25N3O/c1-9(2)14-11(16)8-15(5)10-6-12(3,4)13-7-10/h9-10,13H,6-8H2,1-5H3,(H,14,16). The monoisotopic (exact) mass is 227 g/mol. The summed E-state index contributed by atoms with van der Waals surface area (Å²) in [5.74, 6) is 0.113. The molecule has 1 aliphatic rings. The van der Waals surface area contributed by atoms with E-state index >= 15 is 0 Å². The summed E-state index contributed by atoms with van der Waals surface area (Å²) in [6.07, 6.45) is 1.10. The van der Waals surface area contributed by atoms with Crippen molar-refractivity contribution in [2.45, 2.75) is 51.7 Å². The SMILES string of the molecule is CC(C)NC(=O)CN(C)C1CNC(C)(C)C1. The number of nitrogens with zero attached hydrogens (tertiary/aromatic N) is 1. The number of hydrogen-bond acceptors (Lipinski definition) is 3. The third-order valence-corrected chi connectivity index (χ3v) is 3.03. The van der Waals surface area contributed by atoms with E-state index in [9.17, 15) is 4.79 Å². The van der Waals surface area contributed by atoms with Crippen molar-refractivity contribution in [3.63, 3.8) is 0 Å². The molecule has 1 saturated heterocycles. The van der Waals surface area contributed by atoms with Crippen LogP contribution in [-0.4, -0.2) is 48.6 Å².